The maximum absolute atomic E-state index is 12.9. The summed E-state index contributed by atoms with van der Waals surface area (Å²) < 4.78 is 5.96. The van der Waals surface area contributed by atoms with Gasteiger partial charge >= 0.3 is 5.97 Å². The normalized spacial score (nSPS) is 15.3. The zero-order valence-corrected chi connectivity index (χ0v) is 21.4. The Morgan fingerprint density at radius 3 is 2.39 bits per heavy atom. The van der Waals surface area contributed by atoms with E-state index in [1.165, 1.54) is 24.3 Å². The molecule has 0 radical (unpaired) electrons. The number of benzene rings is 3. The van der Waals surface area contributed by atoms with Crippen LogP contribution >= 0.6 is 27.5 Å². The monoisotopic (exact) mass is 568 g/mol. The fourth-order valence-electron chi connectivity index (χ4n) is 3.83. The Morgan fingerprint density at radius 1 is 1.00 bits per heavy atom. The molecule has 2 amide bonds. The van der Waals surface area contributed by atoms with Gasteiger partial charge in [0.15, 0.2) is 12.4 Å². The number of nitrogens with zero attached hydrogens (tertiary/aromatic N) is 1. The van der Waals surface area contributed by atoms with Crippen LogP contribution in [0.25, 0.3) is 0 Å². The lowest BCUT2D eigenvalue weighted by Crippen LogP contribution is -2.39. The van der Waals surface area contributed by atoms with Gasteiger partial charge in [-0.3, -0.25) is 14.4 Å². The first-order valence-electron chi connectivity index (χ1n) is 11.2. The minimum Gasteiger partial charge on any atom is -0.454 e. The van der Waals surface area contributed by atoms with Crippen LogP contribution in [-0.2, 0) is 20.7 Å². The highest BCUT2D eigenvalue weighted by atomic mass is 79.9. The Hall–Kier alpha value is -3.33. The van der Waals surface area contributed by atoms with E-state index >= 15 is 0 Å². The molecule has 1 atom stereocenters. The van der Waals surface area contributed by atoms with E-state index < -0.39 is 18.6 Å². The van der Waals surface area contributed by atoms with Crippen LogP contribution in [0.15, 0.2) is 77.3 Å². The van der Waals surface area contributed by atoms with Gasteiger partial charge in [0.2, 0.25) is 5.91 Å². The number of rotatable bonds is 9. The number of carbonyl (C=O) groups excluding carboxylic acids is 4. The van der Waals surface area contributed by atoms with E-state index in [9.17, 15) is 19.2 Å². The zero-order chi connectivity index (χ0) is 25.7. The van der Waals surface area contributed by atoms with Crippen molar-refractivity contribution in [2.75, 3.05) is 18.1 Å². The molecule has 0 aromatic heterocycles. The Kier molecular flexibility index (Phi) is 8.30. The van der Waals surface area contributed by atoms with Crippen molar-refractivity contribution < 1.29 is 23.9 Å². The van der Waals surface area contributed by atoms with E-state index in [2.05, 4.69) is 21.2 Å². The van der Waals surface area contributed by atoms with Crippen LogP contribution in [0, 0.1) is 0 Å². The molecule has 1 saturated heterocycles. The topological polar surface area (TPSA) is 92.8 Å². The number of ketones is 1. The summed E-state index contributed by atoms with van der Waals surface area (Å²) in [6, 6.07) is 19.5. The second-order valence-electron chi connectivity index (χ2n) is 8.21. The van der Waals surface area contributed by atoms with E-state index in [4.69, 9.17) is 16.3 Å². The molecule has 9 heteroatoms. The highest BCUT2D eigenvalue weighted by Gasteiger charge is 2.39. The summed E-state index contributed by atoms with van der Waals surface area (Å²) in [5, 5.41) is 3.79. The Labute approximate surface area is 221 Å². The molecule has 7 nitrogen and oxygen atoms in total. The number of carbonyl (C=O) groups is 4. The van der Waals surface area contributed by atoms with E-state index in [-0.39, 0.29) is 29.6 Å². The van der Waals surface area contributed by atoms with Crippen LogP contribution in [0.1, 0.15) is 32.7 Å². The minimum atomic E-state index is -0.674. The Balaban J connectivity index is 1.31. The van der Waals surface area contributed by atoms with Crippen molar-refractivity contribution in [2.24, 2.45) is 0 Å². The van der Waals surface area contributed by atoms with Gasteiger partial charge in [-0.2, -0.15) is 0 Å². The van der Waals surface area contributed by atoms with Crippen LogP contribution in [0.4, 0.5) is 5.69 Å². The minimum absolute atomic E-state index is 0.0519. The molecule has 4 rings (SSSR count). The predicted molar refractivity (Wildman–Crippen MR) is 139 cm³/mol. The number of halogens is 2. The molecule has 0 bridgehead atoms. The second-order valence-corrected chi connectivity index (χ2v) is 9.56. The van der Waals surface area contributed by atoms with Crippen molar-refractivity contribution >= 4 is 56.8 Å². The molecule has 0 saturated carbocycles. The van der Waals surface area contributed by atoms with Crippen molar-refractivity contribution in [1.29, 1.82) is 0 Å². The van der Waals surface area contributed by atoms with Crippen LogP contribution in [0.5, 0.6) is 0 Å². The molecule has 184 valence electrons. The number of hydrogen-bond donors (Lipinski definition) is 1. The summed E-state index contributed by atoms with van der Waals surface area (Å²) in [5.41, 5.74) is 2.04. The molecule has 1 unspecified atom stereocenters. The molecule has 36 heavy (non-hydrogen) atoms. The van der Waals surface area contributed by atoms with E-state index in [0.29, 0.717) is 29.2 Å². The van der Waals surface area contributed by atoms with Gasteiger partial charge in [0, 0.05) is 15.1 Å². The number of amides is 2. The first-order chi connectivity index (χ1) is 17.3. The van der Waals surface area contributed by atoms with Crippen LogP contribution in [0.2, 0.25) is 5.02 Å². The lowest BCUT2D eigenvalue weighted by molar-refractivity contribution is -0.121. The van der Waals surface area contributed by atoms with Gasteiger partial charge in [-0.05, 0) is 67.1 Å². The molecule has 3 aromatic carbocycles. The number of nitrogens with one attached hydrogen (secondary N) is 1. The molecule has 1 aliphatic heterocycles. The predicted octanol–water partition coefficient (Wildman–Crippen LogP) is 4.61. The lowest BCUT2D eigenvalue weighted by atomic mass is 10.1. The number of Topliss-reactive ketones (excluding diaryl/α,β-unsaturated/α-hetero) is 1. The van der Waals surface area contributed by atoms with E-state index in [0.717, 1.165) is 14.9 Å². The number of esters is 1. The third-order valence-corrected chi connectivity index (χ3v) is 6.47. The lowest BCUT2D eigenvalue weighted by Gasteiger charge is -2.16. The first-order valence-corrected chi connectivity index (χ1v) is 12.4. The van der Waals surface area contributed by atoms with Gasteiger partial charge in [-0.25, -0.2) is 9.69 Å². The fourth-order valence-corrected chi connectivity index (χ4v) is 4.30. The standard InChI is InChI=1S/C27H22BrClN2O5/c28-20-8-4-18(5-9-20)24(32)16-36-27(35)19-6-10-22(11-7-19)31-25(33)15-23(26(31)34)30-13-12-17-2-1-3-21(29)14-17/h1-11,14,23,30H,12-13,15-16H2. The quantitative estimate of drug-likeness (QED) is 0.230. The summed E-state index contributed by atoms with van der Waals surface area (Å²) in [6.07, 6.45) is 0.718. The number of anilines is 1. The molecule has 1 N–H and O–H groups in total. The molecule has 1 heterocycles. The Morgan fingerprint density at radius 2 is 1.69 bits per heavy atom. The summed E-state index contributed by atoms with van der Waals surface area (Å²) in [4.78, 5) is 51.1. The fraction of sp³-hybridized carbons (Fsp3) is 0.185. The van der Waals surface area contributed by atoms with Crippen LogP contribution < -0.4 is 10.2 Å². The second kappa shape index (κ2) is 11.6. The van der Waals surface area contributed by atoms with Crippen molar-refractivity contribution in [3.8, 4) is 0 Å². The van der Waals surface area contributed by atoms with Crippen molar-refractivity contribution in [3.05, 3.63) is 99.0 Å². The van der Waals surface area contributed by atoms with E-state index in [1.807, 2.05) is 18.2 Å². The maximum Gasteiger partial charge on any atom is 0.338 e. The van der Waals surface area contributed by atoms with Gasteiger partial charge in [0.1, 0.15) is 0 Å². The first kappa shape index (κ1) is 25.8. The third-order valence-electron chi connectivity index (χ3n) is 5.70. The molecular weight excluding hydrogens is 548 g/mol. The van der Waals surface area contributed by atoms with Crippen molar-refractivity contribution in [3.63, 3.8) is 0 Å². The van der Waals surface area contributed by atoms with Crippen molar-refractivity contribution in [2.45, 2.75) is 18.9 Å². The summed E-state index contributed by atoms with van der Waals surface area (Å²) in [5.74, 6) is -1.67. The van der Waals surface area contributed by atoms with Gasteiger partial charge in [0.25, 0.3) is 5.91 Å². The number of ether oxygens (including phenoxy) is 1. The van der Waals surface area contributed by atoms with Gasteiger partial charge in [-0.1, -0.05) is 51.8 Å². The highest BCUT2D eigenvalue weighted by Crippen LogP contribution is 2.24. The third kappa shape index (κ3) is 6.26. The summed E-state index contributed by atoms with van der Waals surface area (Å²) in [7, 11) is 0. The van der Waals surface area contributed by atoms with Crippen molar-refractivity contribution in [1.82, 2.24) is 5.32 Å². The number of hydrogen-bond acceptors (Lipinski definition) is 6. The smallest absolute Gasteiger partial charge is 0.338 e. The summed E-state index contributed by atoms with van der Waals surface area (Å²) in [6.45, 7) is 0.121. The molecule has 1 fully saturated rings. The van der Waals surface area contributed by atoms with E-state index in [1.54, 1.807) is 30.3 Å². The van der Waals surface area contributed by atoms with Gasteiger partial charge < -0.3 is 10.1 Å². The molecule has 3 aromatic rings. The average molecular weight is 570 g/mol. The zero-order valence-electron chi connectivity index (χ0n) is 19.1. The molecule has 0 spiro atoms. The largest absolute Gasteiger partial charge is 0.454 e. The maximum atomic E-state index is 12.9. The molecule has 1 aliphatic rings. The van der Waals surface area contributed by atoms with Crippen LogP contribution in [-0.4, -0.2) is 42.8 Å². The van der Waals surface area contributed by atoms with Gasteiger partial charge in [0.05, 0.1) is 23.7 Å². The van der Waals surface area contributed by atoms with Crippen LogP contribution in [0.3, 0.4) is 0 Å². The average Bonchev–Trinajstić information content (AvgIpc) is 3.15. The van der Waals surface area contributed by atoms with Gasteiger partial charge in [-0.15, -0.1) is 0 Å². The Bertz CT molecular complexity index is 1290. The SMILES string of the molecule is O=C(COC(=O)c1ccc(N2C(=O)CC(NCCc3cccc(Cl)c3)C2=O)cc1)c1ccc(Br)cc1. The molecule has 0 aliphatic carbocycles. The highest BCUT2D eigenvalue weighted by molar-refractivity contribution is 9.10. The summed E-state index contributed by atoms with van der Waals surface area (Å²) >= 11 is 9.30. The molecular formula is C27H22BrClN2O5. The number of imide groups is 1.